The lowest BCUT2D eigenvalue weighted by Gasteiger charge is -2.24. The molecule has 0 aromatic heterocycles. The third-order valence-electron chi connectivity index (χ3n) is 6.68. The Labute approximate surface area is 185 Å². The van der Waals surface area contributed by atoms with Gasteiger partial charge in [0.05, 0.1) is 0 Å². The molecule has 0 amide bonds. The average molecular weight is 417 g/mol. The second-order valence-corrected chi connectivity index (χ2v) is 9.12. The highest BCUT2D eigenvalue weighted by Crippen LogP contribution is 2.38. The van der Waals surface area contributed by atoms with Gasteiger partial charge in [0.25, 0.3) is 0 Å². The number of aromatic hydroxyl groups is 3. The Morgan fingerprint density at radius 3 is 1.61 bits per heavy atom. The summed E-state index contributed by atoms with van der Waals surface area (Å²) in [5, 5.41) is 30.9. The van der Waals surface area contributed by atoms with Gasteiger partial charge in [0.15, 0.2) is 0 Å². The van der Waals surface area contributed by atoms with Crippen LogP contribution in [-0.4, -0.2) is 15.3 Å². The SMILES string of the molecule is Cc1cc(Cc2cc(C3CCCCC3)cc(Cc3ccc(O)c(C)c3)c2O)ccc1O. The summed E-state index contributed by atoms with van der Waals surface area (Å²) in [6, 6.07) is 15.7. The molecule has 4 rings (SSSR count). The van der Waals surface area contributed by atoms with E-state index in [1.54, 1.807) is 12.1 Å². The Balaban J connectivity index is 1.72. The first kappa shape index (κ1) is 21.3. The monoisotopic (exact) mass is 416 g/mol. The molecule has 1 aliphatic carbocycles. The molecule has 1 fully saturated rings. The van der Waals surface area contributed by atoms with E-state index in [9.17, 15) is 15.3 Å². The van der Waals surface area contributed by atoms with Gasteiger partial charge in [0.2, 0.25) is 0 Å². The van der Waals surface area contributed by atoms with E-state index in [0.717, 1.165) is 33.4 Å². The summed E-state index contributed by atoms with van der Waals surface area (Å²) in [5.74, 6) is 1.51. The van der Waals surface area contributed by atoms with Crippen LogP contribution in [0.1, 0.15) is 77.0 Å². The first-order valence-corrected chi connectivity index (χ1v) is 11.3. The van der Waals surface area contributed by atoms with Crippen molar-refractivity contribution in [1.29, 1.82) is 0 Å². The highest BCUT2D eigenvalue weighted by molar-refractivity contribution is 5.50. The van der Waals surface area contributed by atoms with E-state index in [1.807, 2.05) is 38.1 Å². The van der Waals surface area contributed by atoms with E-state index in [4.69, 9.17) is 0 Å². The zero-order valence-electron chi connectivity index (χ0n) is 18.5. The van der Waals surface area contributed by atoms with Crippen molar-refractivity contribution >= 4 is 0 Å². The molecule has 162 valence electrons. The minimum absolute atomic E-state index is 0.298. The Kier molecular flexibility index (Phi) is 6.22. The van der Waals surface area contributed by atoms with E-state index in [1.165, 1.54) is 37.7 Å². The molecule has 0 bridgehead atoms. The van der Waals surface area contributed by atoms with Crippen LogP contribution in [0.5, 0.6) is 17.2 Å². The van der Waals surface area contributed by atoms with E-state index in [2.05, 4.69) is 12.1 Å². The summed E-state index contributed by atoms with van der Waals surface area (Å²) in [5.41, 5.74) is 7.07. The highest BCUT2D eigenvalue weighted by atomic mass is 16.3. The van der Waals surface area contributed by atoms with Gasteiger partial charge in [-0.2, -0.15) is 0 Å². The minimum Gasteiger partial charge on any atom is -0.508 e. The first-order chi connectivity index (χ1) is 14.9. The van der Waals surface area contributed by atoms with Gasteiger partial charge < -0.3 is 15.3 Å². The van der Waals surface area contributed by atoms with Crippen molar-refractivity contribution in [2.75, 3.05) is 0 Å². The molecule has 1 aliphatic rings. The molecule has 3 nitrogen and oxygen atoms in total. The van der Waals surface area contributed by atoms with E-state index in [0.29, 0.717) is 36.0 Å². The molecule has 0 aliphatic heterocycles. The molecular weight excluding hydrogens is 384 g/mol. The fourth-order valence-corrected chi connectivity index (χ4v) is 4.82. The largest absolute Gasteiger partial charge is 0.508 e. The normalized spacial score (nSPS) is 14.6. The summed E-state index contributed by atoms with van der Waals surface area (Å²) in [6.07, 6.45) is 7.54. The number of phenolic OH excluding ortho intramolecular Hbond substituents is 3. The summed E-state index contributed by atoms with van der Waals surface area (Å²) in [7, 11) is 0. The van der Waals surface area contributed by atoms with Crippen LogP contribution < -0.4 is 0 Å². The molecule has 0 radical (unpaired) electrons. The van der Waals surface area contributed by atoms with Gasteiger partial charge in [-0.25, -0.2) is 0 Å². The van der Waals surface area contributed by atoms with Crippen molar-refractivity contribution in [1.82, 2.24) is 0 Å². The molecule has 0 spiro atoms. The molecule has 1 saturated carbocycles. The van der Waals surface area contributed by atoms with Gasteiger partial charge in [0, 0.05) is 12.8 Å². The van der Waals surface area contributed by atoms with Crippen molar-refractivity contribution in [3.8, 4) is 17.2 Å². The fraction of sp³-hybridized carbons (Fsp3) is 0.357. The molecule has 3 aromatic rings. The number of hydrogen-bond donors (Lipinski definition) is 3. The Morgan fingerprint density at radius 1 is 0.677 bits per heavy atom. The molecule has 0 atom stereocenters. The summed E-state index contributed by atoms with van der Waals surface area (Å²) < 4.78 is 0. The van der Waals surface area contributed by atoms with Crippen LogP contribution >= 0.6 is 0 Å². The van der Waals surface area contributed by atoms with Crippen LogP contribution in [0.2, 0.25) is 0 Å². The zero-order chi connectivity index (χ0) is 22.0. The lowest BCUT2D eigenvalue weighted by atomic mass is 9.81. The van der Waals surface area contributed by atoms with Gasteiger partial charge in [-0.3, -0.25) is 0 Å². The van der Waals surface area contributed by atoms with Crippen LogP contribution in [0.4, 0.5) is 0 Å². The number of phenols is 3. The molecule has 0 heterocycles. The number of hydrogen-bond acceptors (Lipinski definition) is 3. The lowest BCUT2D eigenvalue weighted by molar-refractivity contribution is 0.439. The van der Waals surface area contributed by atoms with E-state index < -0.39 is 0 Å². The maximum Gasteiger partial charge on any atom is 0.122 e. The van der Waals surface area contributed by atoms with Crippen LogP contribution in [0.25, 0.3) is 0 Å². The Morgan fingerprint density at radius 2 is 1.16 bits per heavy atom. The number of benzene rings is 3. The second-order valence-electron chi connectivity index (χ2n) is 9.12. The Hall–Kier alpha value is -2.94. The standard InChI is InChI=1S/C28H32O3/c1-18-12-20(8-10-26(18)29)14-24-16-23(22-6-4-3-5-7-22)17-25(28(24)31)15-21-9-11-27(30)19(2)13-21/h8-13,16-17,22,29-31H,3-7,14-15H2,1-2H3. The highest BCUT2D eigenvalue weighted by Gasteiger charge is 2.20. The number of rotatable bonds is 5. The van der Waals surface area contributed by atoms with Gasteiger partial charge in [-0.1, -0.05) is 55.7 Å². The predicted molar refractivity (Wildman–Crippen MR) is 125 cm³/mol. The molecule has 0 unspecified atom stereocenters. The van der Waals surface area contributed by atoms with E-state index >= 15 is 0 Å². The molecule has 0 saturated heterocycles. The third kappa shape index (κ3) is 4.87. The smallest absolute Gasteiger partial charge is 0.122 e. The average Bonchev–Trinajstić information content (AvgIpc) is 2.76. The van der Waals surface area contributed by atoms with Crippen molar-refractivity contribution in [3.63, 3.8) is 0 Å². The topological polar surface area (TPSA) is 60.7 Å². The van der Waals surface area contributed by atoms with Crippen molar-refractivity contribution in [2.24, 2.45) is 0 Å². The quantitative estimate of drug-likeness (QED) is 0.436. The van der Waals surface area contributed by atoms with Crippen molar-refractivity contribution in [3.05, 3.63) is 87.5 Å². The van der Waals surface area contributed by atoms with Gasteiger partial charge in [0.1, 0.15) is 17.2 Å². The van der Waals surface area contributed by atoms with Crippen LogP contribution in [0, 0.1) is 13.8 Å². The zero-order valence-corrected chi connectivity index (χ0v) is 18.5. The first-order valence-electron chi connectivity index (χ1n) is 11.3. The van der Waals surface area contributed by atoms with Crippen molar-refractivity contribution in [2.45, 2.75) is 64.7 Å². The summed E-state index contributed by atoms with van der Waals surface area (Å²) >= 11 is 0. The minimum atomic E-state index is 0.298. The predicted octanol–water partition coefficient (Wildman–Crippen LogP) is 6.65. The molecule has 31 heavy (non-hydrogen) atoms. The van der Waals surface area contributed by atoms with Crippen LogP contribution in [-0.2, 0) is 12.8 Å². The maximum atomic E-state index is 11.2. The molecule has 3 aromatic carbocycles. The Bertz CT molecular complexity index is 1000. The van der Waals surface area contributed by atoms with Crippen molar-refractivity contribution < 1.29 is 15.3 Å². The molecule has 3 heteroatoms. The van der Waals surface area contributed by atoms with Gasteiger partial charge in [-0.15, -0.1) is 0 Å². The molecular formula is C28H32O3. The maximum absolute atomic E-state index is 11.2. The molecule has 3 N–H and O–H groups in total. The van der Waals surface area contributed by atoms with Gasteiger partial charge in [-0.05, 0) is 83.7 Å². The fourth-order valence-electron chi connectivity index (χ4n) is 4.82. The van der Waals surface area contributed by atoms with Crippen LogP contribution in [0.15, 0.2) is 48.5 Å². The lowest BCUT2D eigenvalue weighted by Crippen LogP contribution is -2.07. The second kappa shape index (κ2) is 9.05. The number of aryl methyl sites for hydroxylation is 2. The van der Waals surface area contributed by atoms with Crippen LogP contribution in [0.3, 0.4) is 0 Å². The van der Waals surface area contributed by atoms with Gasteiger partial charge >= 0.3 is 0 Å². The van der Waals surface area contributed by atoms with E-state index in [-0.39, 0.29) is 0 Å². The summed E-state index contributed by atoms with van der Waals surface area (Å²) in [6.45, 7) is 3.80. The third-order valence-corrected chi connectivity index (χ3v) is 6.68. The summed E-state index contributed by atoms with van der Waals surface area (Å²) in [4.78, 5) is 0.